The second-order valence-electron chi connectivity index (χ2n) is 4.83. The summed E-state index contributed by atoms with van der Waals surface area (Å²) in [6, 6.07) is 5.79. The molecule has 1 N–H and O–H groups in total. The van der Waals surface area contributed by atoms with Crippen LogP contribution in [0, 0.1) is 0 Å². The Labute approximate surface area is 116 Å². The number of furan rings is 1. The molecule has 1 fully saturated rings. The molecular weight excluding hydrogens is 256 g/mol. The van der Waals surface area contributed by atoms with Gasteiger partial charge in [-0.1, -0.05) is 0 Å². The highest BCUT2D eigenvalue weighted by Gasteiger charge is 2.24. The maximum atomic E-state index is 12.1. The van der Waals surface area contributed by atoms with Crippen molar-refractivity contribution in [3.05, 3.63) is 42.5 Å². The molecule has 6 nitrogen and oxygen atoms in total. The molecule has 0 aliphatic carbocycles. The molecule has 1 aliphatic rings. The van der Waals surface area contributed by atoms with Crippen LogP contribution >= 0.6 is 0 Å². The molecule has 1 aliphatic heterocycles. The van der Waals surface area contributed by atoms with Gasteiger partial charge in [-0.15, -0.1) is 5.10 Å². The maximum Gasteiger partial charge on any atom is 0.257 e. The summed E-state index contributed by atoms with van der Waals surface area (Å²) in [6.45, 7) is 1.48. The number of rotatable bonds is 3. The lowest BCUT2D eigenvalue weighted by Crippen LogP contribution is -2.42. The molecule has 0 spiro atoms. The van der Waals surface area contributed by atoms with Crippen LogP contribution in [0.1, 0.15) is 23.2 Å². The van der Waals surface area contributed by atoms with E-state index in [1.165, 1.54) is 12.5 Å². The zero-order valence-corrected chi connectivity index (χ0v) is 11.0. The standard InChI is InChI=1S/C14H16N4O2/c19-14(11-5-9-20-10-11)18-7-3-12(4-8-18)16-13-2-1-6-15-17-13/h1-2,5-6,9-10,12H,3-4,7-8H2,(H,16,17). The second kappa shape index (κ2) is 5.73. The average Bonchev–Trinajstić information content (AvgIpc) is 3.03. The van der Waals surface area contributed by atoms with E-state index in [1.54, 1.807) is 12.3 Å². The van der Waals surface area contributed by atoms with Crippen LogP contribution in [0.5, 0.6) is 0 Å². The van der Waals surface area contributed by atoms with Crippen molar-refractivity contribution < 1.29 is 9.21 Å². The highest BCUT2D eigenvalue weighted by molar-refractivity contribution is 5.93. The Kier molecular flexibility index (Phi) is 3.62. The lowest BCUT2D eigenvalue weighted by atomic mass is 10.0. The van der Waals surface area contributed by atoms with Gasteiger partial charge < -0.3 is 14.6 Å². The van der Waals surface area contributed by atoms with Crippen molar-refractivity contribution in [2.75, 3.05) is 18.4 Å². The highest BCUT2D eigenvalue weighted by atomic mass is 16.3. The largest absolute Gasteiger partial charge is 0.472 e. The van der Waals surface area contributed by atoms with Crippen molar-refractivity contribution in [3.8, 4) is 0 Å². The van der Waals surface area contributed by atoms with E-state index in [2.05, 4.69) is 15.5 Å². The van der Waals surface area contributed by atoms with Crippen LogP contribution in [0.4, 0.5) is 5.82 Å². The smallest absolute Gasteiger partial charge is 0.257 e. The van der Waals surface area contributed by atoms with E-state index in [9.17, 15) is 4.79 Å². The van der Waals surface area contributed by atoms with Gasteiger partial charge in [0, 0.05) is 25.3 Å². The number of hydrogen-bond donors (Lipinski definition) is 1. The Morgan fingerprint density at radius 3 is 2.85 bits per heavy atom. The van der Waals surface area contributed by atoms with E-state index < -0.39 is 0 Å². The SMILES string of the molecule is O=C(c1ccoc1)N1CCC(Nc2cccnn2)CC1. The number of nitrogens with zero attached hydrogens (tertiary/aromatic N) is 3. The number of nitrogens with one attached hydrogen (secondary N) is 1. The first-order chi connectivity index (χ1) is 9.83. The molecule has 0 aromatic carbocycles. The topological polar surface area (TPSA) is 71.3 Å². The van der Waals surface area contributed by atoms with Crippen LogP contribution in [0.25, 0.3) is 0 Å². The zero-order chi connectivity index (χ0) is 13.8. The van der Waals surface area contributed by atoms with Crippen molar-refractivity contribution in [1.29, 1.82) is 0 Å². The summed E-state index contributed by atoms with van der Waals surface area (Å²) in [5.74, 6) is 0.823. The molecule has 2 aromatic rings. The number of amides is 1. The summed E-state index contributed by atoms with van der Waals surface area (Å²) in [6.07, 6.45) is 6.47. The van der Waals surface area contributed by atoms with Crippen molar-refractivity contribution in [2.45, 2.75) is 18.9 Å². The lowest BCUT2D eigenvalue weighted by Gasteiger charge is -2.32. The fraction of sp³-hybridized carbons (Fsp3) is 0.357. The molecule has 6 heteroatoms. The third kappa shape index (κ3) is 2.79. The number of hydrogen-bond acceptors (Lipinski definition) is 5. The van der Waals surface area contributed by atoms with Gasteiger partial charge in [0.05, 0.1) is 11.8 Å². The van der Waals surface area contributed by atoms with Gasteiger partial charge >= 0.3 is 0 Å². The van der Waals surface area contributed by atoms with E-state index >= 15 is 0 Å². The van der Waals surface area contributed by atoms with Crippen LogP contribution in [0.15, 0.2) is 41.3 Å². The van der Waals surface area contributed by atoms with Crippen LogP contribution < -0.4 is 5.32 Å². The molecule has 1 saturated heterocycles. The predicted octanol–water partition coefficient (Wildman–Crippen LogP) is 1.79. The number of carbonyl (C=O) groups is 1. The Morgan fingerprint density at radius 1 is 1.35 bits per heavy atom. The molecule has 3 heterocycles. The molecule has 1 amide bonds. The van der Waals surface area contributed by atoms with Crippen molar-refractivity contribution in [3.63, 3.8) is 0 Å². The third-order valence-electron chi connectivity index (χ3n) is 3.47. The van der Waals surface area contributed by atoms with Gasteiger partial charge in [-0.3, -0.25) is 4.79 Å². The minimum Gasteiger partial charge on any atom is -0.472 e. The molecule has 2 aromatic heterocycles. The Hall–Kier alpha value is -2.37. The van der Waals surface area contributed by atoms with Gasteiger partial charge in [-0.2, -0.15) is 5.10 Å². The number of carbonyl (C=O) groups excluding carboxylic acids is 1. The van der Waals surface area contributed by atoms with E-state index in [4.69, 9.17) is 4.42 Å². The predicted molar refractivity (Wildman–Crippen MR) is 73.3 cm³/mol. The van der Waals surface area contributed by atoms with E-state index in [0.29, 0.717) is 11.6 Å². The van der Waals surface area contributed by atoms with Crippen molar-refractivity contribution in [1.82, 2.24) is 15.1 Å². The molecule has 0 bridgehead atoms. The van der Waals surface area contributed by atoms with Crippen LogP contribution in [0.2, 0.25) is 0 Å². The highest BCUT2D eigenvalue weighted by Crippen LogP contribution is 2.17. The van der Waals surface area contributed by atoms with Gasteiger partial charge in [0.1, 0.15) is 12.1 Å². The van der Waals surface area contributed by atoms with Gasteiger partial charge in [0.2, 0.25) is 0 Å². The second-order valence-corrected chi connectivity index (χ2v) is 4.83. The Bertz CT molecular complexity index is 548. The van der Waals surface area contributed by atoms with Crippen molar-refractivity contribution in [2.24, 2.45) is 0 Å². The Balaban J connectivity index is 1.53. The number of aromatic nitrogens is 2. The summed E-state index contributed by atoms with van der Waals surface area (Å²) >= 11 is 0. The Morgan fingerprint density at radius 2 is 2.20 bits per heavy atom. The average molecular weight is 272 g/mol. The quantitative estimate of drug-likeness (QED) is 0.922. The van der Waals surface area contributed by atoms with Crippen LogP contribution in [-0.4, -0.2) is 40.1 Å². The maximum absolute atomic E-state index is 12.1. The molecule has 0 saturated carbocycles. The monoisotopic (exact) mass is 272 g/mol. The lowest BCUT2D eigenvalue weighted by molar-refractivity contribution is 0.0717. The summed E-state index contributed by atoms with van der Waals surface area (Å²) in [5.41, 5.74) is 0.616. The number of piperidine rings is 1. The third-order valence-corrected chi connectivity index (χ3v) is 3.47. The number of anilines is 1. The zero-order valence-electron chi connectivity index (χ0n) is 11.0. The summed E-state index contributed by atoms with van der Waals surface area (Å²) in [4.78, 5) is 14.0. The first kappa shape index (κ1) is 12.7. The van der Waals surface area contributed by atoms with Gasteiger partial charge in [0.25, 0.3) is 5.91 Å². The molecule has 3 rings (SSSR count). The van der Waals surface area contributed by atoms with E-state index in [-0.39, 0.29) is 5.91 Å². The minimum atomic E-state index is 0.0386. The number of likely N-dealkylation sites (tertiary alicyclic amines) is 1. The van der Waals surface area contributed by atoms with Gasteiger partial charge in [0.15, 0.2) is 0 Å². The first-order valence-electron chi connectivity index (χ1n) is 6.68. The normalized spacial score (nSPS) is 16.1. The van der Waals surface area contributed by atoms with Crippen molar-refractivity contribution >= 4 is 11.7 Å². The van der Waals surface area contributed by atoms with Crippen LogP contribution in [-0.2, 0) is 0 Å². The molecule has 0 unspecified atom stereocenters. The molecule has 104 valence electrons. The molecular formula is C14H16N4O2. The van der Waals surface area contributed by atoms with Crippen LogP contribution in [0.3, 0.4) is 0 Å². The molecule has 0 atom stereocenters. The van der Waals surface area contributed by atoms with E-state index in [1.807, 2.05) is 17.0 Å². The fourth-order valence-electron chi connectivity index (χ4n) is 2.38. The molecule has 20 heavy (non-hydrogen) atoms. The van der Waals surface area contributed by atoms with Gasteiger partial charge in [-0.25, -0.2) is 0 Å². The minimum absolute atomic E-state index is 0.0386. The van der Waals surface area contributed by atoms with Gasteiger partial charge in [-0.05, 0) is 31.0 Å². The molecule has 0 radical (unpaired) electrons. The summed E-state index contributed by atoms with van der Waals surface area (Å²) < 4.78 is 4.95. The first-order valence-corrected chi connectivity index (χ1v) is 6.68. The fourth-order valence-corrected chi connectivity index (χ4v) is 2.38. The summed E-state index contributed by atoms with van der Waals surface area (Å²) in [7, 11) is 0. The summed E-state index contributed by atoms with van der Waals surface area (Å²) in [5, 5.41) is 11.2. The van der Waals surface area contributed by atoms with E-state index in [0.717, 1.165) is 31.7 Å².